The predicted octanol–water partition coefficient (Wildman–Crippen LogP) is 2.49. The number of hydrogen-bond donors (Lipinski definition) is 2. The zero-order valence-electron chi connectivity index (χ0n) is 12.9. The third-order valence-electron chi connectivity index (χ3n) is 4.66. The van der Waals surface area contributed by atoms with Gasteiger partial charge in [0.2, 0.25) is 5.95 Å². The van der Waals surface area contributed by atoms with E-state index in [1.807, 2.05) is 13.0 Å². The number of aryl methyl sites for hydroxylation is 1. The van der Waals surface area contributed by atoms with Gasteiger partial charge < -0.3 is 15.3 Å². The fraction of sp³-hybridized carbons (Fsp3) is 0.750. The molecule has 0 aromatic carbocycles. The highest BCUT2D eigenvalue weighted by atomic mass is 16.3. The van der Waals surface area contributed by atoms with E-state index in [0.717, 1.165) is 69.2 Å². The second kappa shape index (κ2) is 6.18. The average Bonchev–Trinajstić information content (AvgIpc) is 3.10. The summed E-state index contributed by atoms with van der Waals surface area (Å²) >= 11 is 0. The van der Waals surface area contributed by atoms with Crippen LogP contribution in [0.2, 0.25) is 0 Å². The van der Waals surface area contributed by atoms with E-state index in [0.29, 0.717) is 0 Å². The minimum atomic E-state index is -0.452. The van der Waals surface area contributed by atoms with Crippen LogP contribution in [-0.2, 0) is 0 Å². The molecule has 1 aromatic rings. The molecular weight excluding hydrogens is 264 g/mol. The Labute approximate surface area is 126 Å². The molecule has 1 aliphatic heterocycles. The quantitative estimate of drug-likeness (QED) is 0.872. The number of aromatic nitrogens is 2. The van der Waals surface area contributed by atoms with Crippen LogP contribution in [-0.4, -0.2) is 40.3 Å². The van der Waals surface area contributed by atoms with Gasteiger partial charge in [-0.2, -0.15) is 4.98 Å². The Morgan fingerprint density at radius 1 is 1.19 bits per heavy atom. The van der Waals surface area contributed by atoms with Crippen molar-refractivity contribution in [1.82, 2.24) is 9.97 Å². The van der Waals surface area contributed by atoms with E-state index in [-0.39, 0.29) is 0 Å². The van der Waals surface area contributed by atoms with Gasteiger partial charge in [0.05, 0.1) is 5.60 Å². The lowest BCUT2D eigenvalue weighted by Gasteiger charge is -2.22. The zero-order chi connectivity index (χ0) is 14.7. The second-order valence-corrected chi connectivity index (χ2v) is 6.50. The maximum atomic E-state index is 10.4. The van der Waals surface area contributed by atoms with Crippen molar-refractivity contribution in [3.05, 3.63) is 11.8 Å². The first-order valence-corrected chi connectivity index (χ1v) is 8.22. The molecule has 2 fully saturated rings. The van der Waals surface area contributed by atoms with E-state index < -0.39 is 5.60 Å². The lowest BCUT2D eigenvalue weighted by Crippen LogP contribution is -2.27. The van der Waals surface area contributed by atoms with Crippen molar-refractivity contribution in [2.75, 3.05) is 29.9 Å². The van der Waals surface area contributed by atoms with Gasteiger partial charge in [0.15, 0.2) is 0 Å². The molecular formula is C16H26N4O. The normalized spacial score (nSPS) is 21.0. The third kappa shape index (κ3) is 3.64. The molecule has 2 aliphatic rings. The Morgan fingerprint density at radius 3 is 2.62 bits per heavy atom. The van der Waals surface area contributed by atoms with Crippen LogP contribution in [0.1, 0.15) is 50.6 Å². The van der Waals surface area contributed by atoms with Gasteiger partial charge in [-0.25, -0.2) is 4.98 Å². The average molecular weight is 290 g/mol. The minimum Gasteiger partial charge on any atom is -0.390 e. The van der Waals surface area contributed by atoms with Crippen LogP contribution in [0.3, 0.4) is 0 Å². The molecule has 0 amide bonds. The molecule has 5 heteroatoms. The predicted molar refractivity (Wildman–Crippen MR) is 84.7 cm³/mol. The zero-order valence-corrected chi connectivity index (χ0v) is 12.9. The number of rotatable bonds is 5. The molecule has 0 bridgehead atoms. The number of anilines is 2. The number of nitrogens with one attached hydrogen (secondary N) is 1. The lowest BCUT2D eigenvalue weighted by molar-refractivity contribution is 0.0424. The summed E-state index contributed by atoms with van der Waals surface area (Å²) < 4.78 is 0. The standard InChI is InChI=1S/C16H26N4O/c1-13-12-14(17-9-8-16(21)6-2-3-7-16)19-15(18-13)20-10-4-5-11-20/h12,21H,2-11H2,1H3,(H,17,18,19). The van der Waals surface area contributed by atoms with Crippen LogP contribution in [0, 0.1) is 6.92 Å². The van der Waals surface area contributed by atoms with Crippen molar-refractivity contribution in [3.8, 4) is 0 Å². The summed E-state index contributed by atoms with van der Waals surface area (Å²) in [7, 11) is 0. The summed E-state index contributed by atoms with van der Waals surface area (Å²) in [5, 5.41) is 13.7. The summed E-state index contributed by atoms with van der Waals surface area (Å²) in [6.45, 7) is 4.90. The lowest BCUT2D eigenvalue weighted by atomic mass is 9.98. The number of aliphatic hydroxyl groups is 1. The van der Waals surface area contributed by atoms with Crippen molar-refractivity contribution in [1.29, 1.82) is 0 Å². The molecule has 1 aliphatic carbocycles. The molecule has 0 spiro atoms. The van der Waals surface area contributed by atoms with E-state index in [4.69, 9.17) is 0 Å². The second-order valence-electron chi connectivity index (χ2n) is 6.50. The smallest absolute Gasteiger partial charge is 0.227 e. The van der Waals surface area contributed by atoms with Crippen LogP contribution >= 0.6 is 0 Å². The fourth-order valence-corrected chi connectivity index (χ4v) is 3.41. The Hall–Kier alpha value is -1.36. The topological polar surface area (TPSA) is 61.3 Å². The number of hydrogen-bond acceptors (Lipinski definition) is 5. The first-order chi connectivity index (χ1) is 10.1. The molecule has 2 N–H and O–H groups in total. The minimum absolute atomic E-state index is 0.452. The highest BCUT2D eigenvalue weighted by molar-refractivity contribution is 5.44. The van der Waals surface area contributed by atoms with Gasteiger partial charge >= 0.3 is 0 Å². The summed E-state index contributed by atoms with van der Waals surface area (Å²) in [4.78, 5) is 11.4. The first kappa shape index (κ1) is 14.6. The van der Waals surface area contributed by atoms with Gasteiger partial charge in [0, 0.05) is 31.4 Å². The maximum absolute atomic E-state index is 10.4. The Morgan fingerprint density at radius 2 is 1.90 bits per heavy atom. The highest BCUT2D eigenvalue weighted by Gasteiger charge is 2.30. The third-order valence-corrected chi connectivity index (χ3v) is 4.66. The molecule has 21 heavy (non-hydrogen) atoms. The molecule has 2 heterocycles. The van der Waals surface area contributed by atoms with Crippen LogP contribution in [0.25, 0.3) is 0 Å². The van der Waals surface area contributed by atoms with Crippen LogP contribution < -0.4 is 10.2 Å². The van der Waals surface area contributed by atoms with Gasteiger partial charge in [0.1, 0.15) is 5.82 Å². The van der Waals surface area contributed by atoms with E-state index in [2.05, 4.69) is 20.2 Å². The van der Waals surface area contributed by atoms with E-state index in [1.165, 1.54) is 12.8 Å². The van der Waals surface area contributed by atoms with Gasteiger partial charge in [-0.3, -0.25) is 0 Å². The first-order valence-electron chi connectivity index (χ1n) is 8.22. The van der Waals surface area contributed by atoms with Gasteiger partial charge in [-0.1, -0.05) is 12.8 Å². The van der Waals surface area contributed by atoms with Crippen LogP contribution in [0.15, 0.2) is 6.07 Å². The molecule has 1 saturated carbocycles. The molecule has 0 atom stereocenters. The Kier molecular flexibility index (Phi) is 4.29. The molecule has 3 rings (SSSR count). The van der Waals surface area contributed by atoms with Gasteiger partial charge in [-0.15, -0.1) is 0 Å². The molecule has 0 unspecified atom stereocenters. The van der Waals surface area contributed by atoms with E-state index in [1.54, 1.807) is 0 Å². The fourth-order valence-electron chi connectivity index (χ4n) is 3.41. The monoisotopic (exact) mass is 290 g/mol. The molecule has 0 radical (unpaired) electrons. The van der Waals surface area contributed by atoms with Gasteiger partial charge in [0.25, 0.3) is 0 Å². The summed E-state index contributed by atoms with van der Waals surface area (Å²) in [5.41, 5.74) is 0.543. The van der Waals surface area contributed by atoms with Gasteiger partial charge in [-0.05, 0) is 39.0 Å². The molecule has 1 saturated heterocycles. The Bertz CT molecular complexity index is 479. The maximum Gasteiger partial charge on any atom is 0.227 e. The summed E-state index contributed by atoms with van der Waals surface area (Å²) in [6, 6.07) is 1.98. The SMILES string of the molecule is Cc1cc(NCCC2(O)CCCC2)nc(N2CCCC2)n1. The summed E-state index contributed by atoms with van der Waals surface area (Å²) in [6.07, 6.45) is 7.45. The van der Waals surface area contributed by atoms with E-state index >= 15 is 0 Å². The molecule has 116 valence electrons. The van der Waals surface area contributed by atoms with Crippen molar-refractivity contribution in [2.24, 2.45) is 0 Å². The number of nitrogens with zero attached hydrogens (tertiary/aromatic N) is 3. The largest absolute Gasteiger partial charge is 0.390 e. The Balaban J connectivity index is 1.59. The van der Waals surface area contributed by atoms with Crippen molar-refractivity contribution < 1.29 is 5.11 Å². The molecule has 1 aromatic heterocycles. The van der Waals surface area contributed by atoms with Crippen molar-refractivity contribution in [2.45, 2.75) is 57.5 Å². The van der Waals surface area contributed by atoms with Crippen molar-refractivity contribution in [3.63, 3.8) is 0 Å². The van der Waals surface area contributed by atoms with Crippen LogP contribution in [0.5, 0.6) is 0 Å². The molecule has 5 nitrogen and oxygen atoms in total. The van der Waals surface area contributed by atoms with E-state index in [9.17, 15) is 5.11 Å². The highest BCUT2D eigenvalue weighted by Crippen LogP contribution is 2.32. The summed E-state index contributed by atoms with van der Waals surface area (Å²) in [5.74, 6) is 1.72. The van der Waals surface area contributed by atoms with Crippen molar-refractivity contribution >= 4 is 11.8 Å². The van der Waals surface area contributed by atoms with Crippen LogP contribution in [0.4, 0.5) is 11.8 Å².